The summed E-state index contributed by atoms with van der Waals surface area (Å²) in [6, 6.07) is 2.98. The van der Waals surface area contributed by atoms with E-state index in [0.717, 1.165) is 0 Å². The molecule has 0 saturated carbocycles. The Balaban J connectivity index is 2.94. The van der Waals surface area contributed by atoms with Gasteiger partial charge in [-0.05, 0) is 12.1 Å². The summed E-state index contributed by atoms with van der Waals surface area (Å²) < 4.78 is 0. The van der Waals surface area contributed by atoms with E-state index < -0.39 is 30.2 Å². The summed E-state index contributed by atoms with van der Waals surface area (Å²) in [6.45, 7) is 0. The van der Waals surface area contributed by atoms with Gasteiger partial charge in [0.2, 0.25) is 5.91 Å². The summed E-state index contributed by atoms with van der Waals surface area (Å²) >= 11 is 11.6. The van der Waals surface area contributed by atoms with Crippen molar-refractivity contribution in [2.75, 3.05) is 0 Å². The number of rotatable bonds is 5. The van der Waals surface area contributed by atoms with Gasteiger partial charge in [0.15, 0.2) is 0 Å². The van der Waals surface area contributed by atoms with Crippen LogP contribution in [0.5, 0.6) is 0 Å². The fourth-order valence-corrected chi connectivity index (χ4v) is 1.92. The Bertz CT molecular complexity index is 513. The van der Waals surface area contributed by atoms with Gasteiger partial charge in [-0.3, -0.25) is 9.59 Å². The predicted octanol–water partition coefficient (Wildman–Crippen LogP) is 1.05. The van der Waals surface area contributed by atoms with E-state index in [4.69, 9.17) is 34.0 Å². The number of hydrogen-bond acceptors (Lipinski definition) is 3. The van der Waals surface area contributed by atoms with Crippen molar-refractivity contribution < 1.29 is 19.5 Å². The number of hydrogen-bond donors (Lipinski definition) is 3. The summed E-state index contributed by atoms with van der Waals surface area (Å²) in [6.07, 6.45) is -0.525. The van der Waals surface area contributed by atoms with Crippen LogP contribution < -0.4 is 11.1 Å². The van der Waals surface area contributed by atoms with Crippen molar-refractivity contribution in [1.29, 1.82) is 0 Å². The Labute approximate surface area is 118 Å². The van der Waals surface area contributed by atoms with Gasteiger partial charge >= 0.3 is 5.97 Å². The molecule has 0 heterocycles. The van der Waals surface area contributed by atoms with E-state index in [1.165, 1.54) is 12.1 Å². The minimum absolute atomic E-state index is 0.0541. The van der Waals surface area contributed by atoms with Crippen LogP contribution in [0, 0.1) is 0 Å². The molecule has 4 N–H and O–H groups in total. The lowest BCUT2D eigenvalue weighted by atomic mass is 10.1. The average Bonchev–Trinajstić information content (AvgIpc) is 2.27. The molecule has 0 aliphatic rings. The summed E-state index contributed by atoms with van der Waals surface area (Å²) in [5, 5.41) is 11.2. The van der Waals surface area contributed by atoms with Crippen LogP contribution in [0.1, 0.15) is 16.8 Å². The maximum Gasteiger partial charge on any atom is 0.326 e. The number of carbonyl (C=O) groups is 3. The van der Waals surface area contributed by atoms with Gasteiger partial charge in [0, 0.05) is 0 Å². The molecule has 0 bridgehead atoms. The van der Waals surface area contributed by atoms with E-state index in [1.54, 1.807) is 6.07 Å². The second kappa shape index (κ2) is 6.40. The van der Waals surface area contributed by atoms with Crippen molar-refractivity contribution in [2.45, 2.75) is 12.5 Å². The van der Waals surface area contributed by atoms with Crippen LogP contribution in [-0.4, -0.2) is 28.9 Å². The number of nitrogens with two attached hydrogens (primary N) is 1. The summed E-state index contributed by atoms with van der Waals surface area (Å²) in [7, 11) is 0. The van der Waals surface area contributed by atoms with Gasteiger partial charge in [-0.15, -0.1) is 0 Å². The Morgan fingerprint density at radius 2 is 1.79 bits per heavy atom. The Kier molecular flexibility index (Phi) is 5.14. The number of carboxylic acids is 1. The van der Waals surface area contributed by atoms with Crippen LogP contribution in [0.15, 0.2) is 18.2 Å². The highest BCUT2D eigenvalue weighted by molar-refractivity contribution is 6.39. The number of benzene rings is 1. The first kappa shape index (κ1) is 15.3. The third-order valence-electron chi connectivity index (χ3n) is 2.20. The van der Waals surface area contributed by atoms with Crippen molar-refractivity contribution in [3.8, 4) is 0 Å². The molecule has 0 radical (unpaired) electrons. The highest BCUT2D eigenvalue weighted by Gasteiger charge is 2.24. The zero-order valence-electron chi connectivity index (χ0n) is 9.52. The third-order valence-corrected chi connectivity index (χ3v) is 2.83. The standard InChI is InChI=1S/C11H10Cl2N2O4/c12-5-2-1-3-6(13)9(5)10(17)15-7(11(18)19)4-8(14)16/h1-3,7H,4H2,(H2,14,16)(H,15,17)(H,18,19). The lowest BCUT2D eigenvalue weighted by Gasteiger charge is -2.14. The second-order valence-corrected chi connectivity index (χ2v) is 4.45. The highest BCUT2D eigenvalue weighted by atomic mass is 35.5. The van der Waals surface area contributed by atoms with E-state index in [9.17, 15) is 14.4 Å². The SMILES string of the molecule is NC(=O)CC(NC(=O)c1c(Cl)cccc1Cl)C(=O)O. The summed E-state index contributed by atoms with van der Waals surface area (Å²) in [5.41, 5.74) is 4.85. The second-order valence-electron chi connectivity index (χ2n) is 3.63. The zero-order chi connectivity index (χ0) is 14.6. The fraction of sp³-hybridized carbons (Fsp3) is 0.182. The van der Waals surface area contributed by atoms with Crippen molar-refractivity contribution in [2.24, 2.45) is 5.73 Å². The lowest BCUT2D eigenvalue weighted by Crippen LogP contribution is -2.43. The normalized spacial score (nSPS) is 11.7. The molecular formula is C11H10Cl2N2O4. The summed E-state index contributed by atoms with van der Waals surface area (Å²) in [4.78, 5) is 33.5. The largest absolute Gasteiger partial charge is 0.480 e. The van der Waals surface area contributed by atoms with Crippen molar-refractivity contribution in [1.82, 2.24) is 5.32 Å². The summed E-state index contributed by atoms with van der Waals surface area (Å²) in [5.74, 6) is -3.02. The van der Waals surface area contributed by atoms with E-state index >= 15 is 0 Å². The van der Waals surface area contributed by atoms with Crippen LogP contribution in [0.2, 0.25) is 10.0 Å². The monoisotopic (exact) mass is 304 g/mol. The Hall–Kier alpha value is -1.79. The van der Waals surface area contributed by atoms with Crippen molar-refractivity contribution in [3.63, 3.8) is 0 Å². The number of amides is 2. The molecule has 1 atom stereocenters. The number of halogens is 2. The number of nitrogens with one attached hydrogen (secondary N) is 1. The number of carboxylic acid groups (broad SMARTS) is 1. The molecule has 8 heteroatoms. The molecule has 6 nitrogen and oxygen atoms in total. The van der Waals surface area contributed by atoms with Gasteiger partial charge in [0.1, 0.15) is 6.04 Å². The first-order valence-corrected chi connectivity index (χ1v) is 5.84. The molecule has 0 aliphatic heterocycles. The third kappa shape index (κ3) is 4.11. The average molecular weight is 305 g/mol. The molecular weight excluding hydrogens is 295 g/mol. The van der Waals surface area contributed by atoms with Crippen LogP contribution in [-0.2, 0) is 9.59 Å². The van der Waals surface area contributed by atoms with E-state index in [-0.39, 0.29) is 15.6 Å². The molecule has 19 heavy (non-hydrogen) atoms. The molecule has 0 fully saturated rings. The Morgan fingerprint density at radius 3 is 2.21 bits per heavy atom. The van der Waals surface area contributed by atoms with Gasteiger partial charge in [-0.2, -0.15) is 0 Å². The van der Waals surface area contributed by atoms with E-state index in [2.05, 4.69) is 5.32 Å². The van der Waals surface area contributed by atoms with Crippen molar-refractivity contribution >= 4 is 41.0 Å². The van der Waals surface area contributed by atoms with Gasteiger partial charge in [-0.1, -0.05) is 29.3 Å². The minimum Gasteiger partial charge on any atom is -0.480 e. The van der Waals surface area contributed by atoms with Gasteiger partial charge < -0.3 is 16.2 Å². The molecule has 1 unspecified atom stereocenters. The number of aliphatic carboxylic acids is 1. The molecule has 1 rings (SSSR count). The first-order chi connectivity index (χ1) is 8.82. The minimum atomic E-state index is -1.43. The van der Waals surface area contributed by atoms with E-state index in [1.807, 2.05) is 0 Å². The lowest BCUT2D eigenvalue weighted by molar-refractivity contribution is -0.140. The van der Waals surface area contributed by atoms with Crippen LogP contribution in [0.25, 0.3) is 0 Å². The molecule has 1 aromatic rings. The fourth-order valence-electron chi connectivity index (χ4n) is 1.35. The van der Waals surface area contributed by atoms with Gasteiger partial charge in [0.25, 0.3) is 5.91 Å². The molecule has 0 aliphatic carbocycles. The van der Waals surface area contributed by atoms with Crippen LogP contribution in [0.3, 0.4) is 0 Å². The molecule has 0 aromatic heterocycles. The quantitative estimate of drug-likeness (QED) is 0.755. The molecule has 0 saturated heterocycles. The molecule has 2 amide bonds. The zero-order valence-corrected chi connectivity index (χ0v) is 11.0. The molecule has 0 spiro atoms. The maximum atomic E-state index is 11.9. The Morgan fingerprint density at radius 1 is 1.26 bits per heavy atom. The van der Waals surface area contributed by atoms with Gasteiger partial charge in [0.05, 0.1) is 22.0 Å². The number of primary amides is 1. The first-order valence-electron chi connectivity index (χ1n) is 5.09. The molecule has 102 valence electrons. The predicted molar refractivity (Wildman–Crippen MR) is 69.2 cm³/mol. The van der Waals surface area contributed by atoms with Crippen molar-refractivity contribution in [3.05, 3.63) is 33.8 Å². The molecule has 1 aromatic carbocycles. The van der Waals surface area contributed by atoms with Crippen LogP contribution >= 0.6 is 23.2 Å². The highest BCUT2D eigenvalue weighted by Crippen LogP contribution is 2.24. The van der Waals surface area contributed by atoms with E-state index in [0.29, 0.717) is 0 Å². The smallest absolute Gasteiger partial charge is 0.326 e. The van der Waals surface area contributed by atoms with Gasteiger partial charge in [-0.25, -0.2) is 4.79 Å². The number of carbonyl (C=O) groups excluding carboxylic acids is 2. The topological polar surface area (TPSA) is 109 Å². The maximum absolute atomic E-state index is 11.9. The van der Waals surface area contributed by atoms with Crippen LogP contribution in [0.4, 0.5) is 0 Å².